The van der Waals surface area contributed by atoms with Gasteiger partial charge < -0.3 is 10.2 Å². The van der Waals surface area contributed by atoms with Crippen LogP contribution in [-0.2, 0) is 6.54 Å². The van der Waals surface area contributed by atoms with E-state index >= 15 is 0 Å². The van der Waals surface area contributed by atoms with E-state index in [2.05, 4.69) is 27.9 Å². The second-order valence-electron chi connectivity index (χ2n) is 3.85. The standard InChI is InChI=1S/C13H13IN2OS/c1-16(9-10-5-4-8-18-10)13(17)15-12-7-3-2-6-11(12)14/h2-8H,9H2,1H3,(H,15,17). The van der Waals surface area contributed by atoms with Crippen LogP contribution in [0.5, 0.6) is 0 Å². The van der Waals surface area contributed by atoms with Crippen molar-refractivity contribution in [1.29, 1.82) is 0 Å². The van der Waals surface area contributed by atoms with Crippen molar-refractivity contribution in [3.05, 3.63) is 50.2 Å². The Labute approximate surface area is 124 Å². The number of para-hydroxylation sites is 1. The lowest BCUT2D eigenvalue weighted by molar-refractivity contribution is 0.221. The number of benzene rings is 1. The second kappa shape index (κ2) is 6.19. The van der Waals surface area contributed by atoms with E-state index in [0.29, 0.717) is 6.54 Å². The number of anilines is 1. The van der Waals surface area contributed by atoms with Gasteiger partial charge >= 0.3 is 6.03 Å². The van der Waals surface area contributed by atoms with Crippen molar-refractivity contribution in [2.24, 2.45) is 0 Å². The molecule has 0 saturated heterocycles. The number of nitrogens with one attached hydrogen (secondary N) is 1. The van der Waals surface area contributed by atoms with Gasteiger partial charge in [-0.1, -0.05) is 18.2 Å². The summed E-state index contributed by atoms with van der Waals surface area (Å²) in [6.07, 6.45) is 0. The molecule has 18 heavy (non-hydrogen) atoms. The van der Waals surface area contributed by atoms with E-state index in [9.17, 15) is 4.79 Å². The van der Waals surface area contributed by atoms with E-state index in [1.54, 1.807) is 23.3 Å². The molecule has 2 amide bonds. The molecule has 0 saturated carbocycles. The number of hydrogen-bond acceptors (Lipinski definition) is 2. The van der Waals surface area contributed by atoms with Crippen LogP contribution in [0.3, 0.4) is 0 Å². The van der Waals surface area contributed by atoms with E-state index in [1.165, 1.54) is 4.88 Å². The number of carbonyl (C=O) groups is 1. The molecule has 5 heteroatoms. The minimum Gasteiger partial charge on any atom is -0.322 e. The van der Waals surface area contributed by atoms with Gasteiger partial charge in [0, 0.05) is 15.5 Å². The van der Waals surface area contributed by atoms with Crippen molar-refractivity contribution in [2.45, 2.75) is 6.54 Å². The average molecular weight is 372 g/mol. The fraction of sp³-hybridized carbons (Fsp3) is 0.154. The molecular formula is C13H13IN2OS. The van der Waals surface area contributed by atoms with E-state index in [-0.39, 0.29) is 6.03 Å². The van der Waals surface area contributed by atoms with Crippen molar-refractivity contribution in [2.75, 3.05) is 12.4 Å². The summed E-state index contributed by atoms with van der Waals surface area (Å²) in [6.45, 7) is 0.632. The largest absolute Gasteiger partial charge is 0.322 e. The van der Waals surface area contributed by atoms with Gasteiger partial charge in [0.05, 0.1) is 12.2 Å². The smallest absolute Gasteiger partial charge is 0.321 e. The number of urea groups is 1. The molecule has 0 fully saturated rings. The number of amides is 2. The Balaban J connectivity index is 1.98. The zero-order chi connectivity index (χ0) is 13.0. The molecule has 0 aliphatic heterocycles. The highest BCUT2D eigenvalue weighted by molar-refractivity contribution is 14.1. The van der Waals surface area contributed by atoms with Crippen molar-refractivity contribution in [3.63, 3.8) is 0 Å². The lowest BCUT2D eigenvalue weighted by Crippen LogP contribution is -2.30. The Kier molecular flexibility index (Phi) is 4.60. The summed E-state index contributed by atoms with van der Waals surface area (Å²) >= 11 is 3.86. The summed E-state index contributed by atoms with van der Waals surface area (Å²) in [6, 6.07) is 11.7. The summed E-state index contributed by atoms with van der Waals surface area (Å²) in [5.41, 5.74) is 0.848. The van der Waals surface area contributed by atoms with Crippen molar-refractivity contribution in [1.82, 2.24) is 4.90 Å². The maximum atomic E-state index is 12.0. The van der Waals surface area contributed by atoms with Crippen molar-refractivity contribution in [3.8, 4) is 0 Å². The molecule has 0 atom stereocenters. The van der Waals surface area contributed by atoms with Gasteiger partial charge in [0.15, 0.2) is 0 Å². The summed E-state index contributed by atoms with van der Waals surface area (Å²) in [4.78, 5) is 14.9. The van der Waals surface area contributed by atoms with Crippen LogP contribution >= 0.6 is 33.9 Å². The number of halogens is 1. The topological polar surface area (TPSA) is 32.3 Å². The number of hydrogen-bond donors (Lipinski definition) is 1. The predicted octanol–water partition coefficient (Wildman–Crippen LogP) is 4.02. The van der Waals surface area contributed by atoms with Gasteiger partial charge in [-0.25, -0.2) is 4.79 Å². The Morgan fingerprint density at radius 2 is 2.11 bits per heavy atom. The number of rotatable bonds is 3. The maximum Gasteiger partial charge on any atom is 0.321 e. The van der Waals surface area contributed by atoms with Crippen molar-refractivity contribution < 1.29 is 4.79 Å². The van der Waals surface area contributed by atoms with E-state index in [4.69, 9.17) is 0 Å². The molecule has 0 aliphatic carbocycles. The first-order chi connectivity index (χ1) is 8.66. The average Bonchev–Trinajstić information content (AvgIpc) is 2.84. The van der Waals surface area contributed by atoms with Crippen LogP contribution in [0.25, 0.3) is 0 Å². The first kappa shape index (κ1) is 13.4. The molecule has 1 aromatic heterocycles. The van der Waals surface area contributed by atoms with Crippen molar-refractivity contribution >= 4 is 45.6 Å². The highest BCUT2D eigenvalue weighted by Gasteiger charge is 2.10. The molecule has 1 N–H and O–H groups in total. The van der Waals surface area contributed by atoms with E-state index in [0.717, 1.165) is 9.26 Å². The predicted molar refractivity (Wildman–Crippen MR) is 84.0 cm³/mol. The van der Waals surface area contributed by atoms with Crippen LogP contribution < -0.4 is 5.32 Å². The van der Waals surface area contributed by atoms with Gasteiger partial charge in [-0.3, -0.25) is 0 Å². The Morgan fingerprint density at radius 3 is 2.78 bits per heavy atom. The third-order valence-corrected chi connectivity index (χ3v) is 4.24. The van der Waals surface area contributed by atoms with Crippen LogP contribution in [0, 0.1) is 3.57 Å². The fourth-order valence-electron chi connectivity index (χ4n) is 1.48. The molecule has 2 rings (SSSR count). The van der Waals surface area contributed by atoms with E-state index in [1.807, 2.05) is 41.8 Å². The summed E-state index contributed by atoms with van der Waals surface area (Å²) in [7, 11) is 1.80. The lowest BCUT2D eigenvalue weighted by Gasteiger charge is -2.17. The van der Waals surface area contributed by atoms with Crippen LogP contribution in [-0.4, -0.2) is 18.0 Å². The summed E-state index contributed by atoms with van der Waals surface area (Å²) in [5.74, 6) is 0. The molecule has 94 valence electrons. The Bertz CT molecular complexity index is 528. The molecular weight excluding hydrogens is 359 g/mol. The SMILES string of the molecule is CN(Cc1cccs1)C(=O)Nc1ccccc1I. The van der Waals surface area contributed by atoms with Gasteiger partial charge in [0.2, 0.25) is 0 Å². The zero-order valence-electron chi connectivity index (χ0n) is 9.89. The molecule has 3 nitrogen and oxygen atoms in total. The maximum absolute atomic E-state index is 12.0. The highest BCUT2D eigenvalue weighted by atomic mass is 127. The first-order valence-electron chi connectivity index (χ1n) is 5.46. The zero-order valence-corrected chi connectivity index (χ0v) is 12.9. The summed E-state index contributed by atoms with van der Waals surface area (Å²) < 4.78 is 1.04. The van der Waals surface area contributed by atoms with Crippen LogP contribution in [0.2, 0.25) is 0 Å². The molecule has 2 aromatic rings. The monoisotopic (exact) mass is 372 g/mol. The number of thiophene rings is 1. The third kappa shape index (κ3) is 3.46. The number of nitrogens with zero attached hydrogens (tertiary/aromatic N) is 1. The van der Waals surface area contributed by atoms with Gasteiger partial charge in [-0.05, 0) is 46.2 Å². The Morgan fingerprint density at radius 1 is 1.33 bits per heavy atom. The van der Waals surface area contributed by atoms with Gasteiger partial charge in [-0.2, -0.15) is 0 Å². The van der Waals surface area contributed by atoms with Gasteiger partial charge in [-0.15, -0.1) is 11.3 Å². The molecule has 1 aromatic carbocycles. The molecule has 0 spiro atoms. The lowest BCUT2D eigenvalue weighted by atomic mass is 10.3. The van der Waals surface area contributed by atoms with Crippen LogP contribution in [0.1, 0.15) is 4.88 Å². The number of carbonyl (C=O) groups excluding carboxylic acids is 1. The van der Waals surface area contributed by atoms with Crippen LogP contribution in [0.4, 0.5) is 10.5 Å². The molecule has 0 aliphatic rings. The molecule has 1 heterocycles. The van der Waals surface area contributed by atoms with Gasteiger partial charge in [0.25, 0.3) is 0 Å². The minimum absolute atomic E-state index is 0.0903. The minimum atomic E-state index is -0.0903. The molecule has 0 unspecified atom stereocenters. The molecule has 0 radical (unpaired) electrons. The van der Waals surface area contributed by atoms with Gasteiger partial charge in [0.1, 0.15) is 0 Å². The van der Waals surface area contributed by atoms with E-state index < -0.39 is 0 Å². The summed E-state index contributed by atoms with van der Waals surface area (Å²) in [5, 5.41) is 4.92. The quantitative estimate of drug-likeness (QED) is 0.812. The second-order valence-corrected chi connectivity index (χ2v) is 6.04. The fourth-order valence-corrected chi connectivity index (χ4v) is 2.76. The van der Waals surface area contributed by atoms with Crippen LogP contribution in [0.15, 0.2) is 41.8 Å². The molecule has 0 bridgehead atoms. The first-order valence-corrected chi connectivity index (χ1v) is 7.41. The highest BCUT2D eigenvalue weighted by Crippen LogP contribution is 2.18. The third-order valence-electron chi connectivity index (χ3n) is 2.44. The normalized spacial score (nSPS) is 10.1. The Hall–Kier alpha value is -1.08.